The highest BCUT2D eigenvalue weighted by molar-refractivity contribution is 6.31. The minimum atomic E-state index is 0.876. The lowest BCUT2D eigenvalue weighted by Gasteiger charge is -2.27. The first-order chi connectivity index (χ1) is 66.0. The highest BCUT2D eigenvalue weighted by Gasteiger charge is 2.28. The highest BCUT2D eigenvalue weighted by Crippen LogP contribution is 2.51. The van der Waals surface area contributed by atoms with Crippen molar-refractivity contribution in [2.24, 2.45) is 0 Å². The van der Waals surface area contributed by atoms with Crippen molar-refractivity contribution >= 4 is 198 Å². The van der Waals surface area contributed by atoms with E-state index in [9.17, 15) is 0 Å². The fraction of sp³-hybridized carbons (Fsp3) is 0. The molecule has 0 amide bonds. The van der Waals surface area contributed by atoms with E-state index in [1.54, 1.807) is 0 Å². The zero-order chi connectivity index (χ0) is 87.0. The topological polar surface area (TPSA) is 57.4 Å². The third-order valence-electron chi connectivity index (χ3n) is 27.9. The summed E-state index contributed by atoms with van der Waals surface area (Å²) in [7, 11) is 0. The average Bonchev–Trinajstić information content (AvgIpc) is 1.54. The molecule has 133 heavy (non-hydrogen) atoms. The Balaban J connectivity index is 0.507. The van der Waals surface area contributed by atoms with E-state index in [2.05, 4.69) is 500 Å². The predicted octanol–water partition coefficient (Wildman–Crippen LogP) is 34.1. The molecule has 0 aliphatic heterocycles. The molecule has 0 atom stereocenters. The second-order valence-corrected chi connectivity index (χ2v) is 35.0. The van der Waals surface area contributed by atoms with E-state index in [1.807, 2.05) is 0 Å². The predicted molar refractivity (Wildman–Crippen MR) is 556 cm³/mol. The van der Waals surface area contributed by atoms with Gasteiger partial charge in [-0.3, -0.25) is 0 Å². The van der Waals surface area contributed by atoms with Crippen molar-refractivity contribution in [1.82, 2.24) is 22.8 Å². The van der Waals surface area contributed by atoms with Crippen LogP contribution in [0.1, 0.15) is 0 Å². The first kappa shape index (κ1) is 74.2. The summed E-state index contributed by atoms with van der Waals surface area (Å²) < 4.78 is 27.0. The normalized spacial score (nSPS) is 12.1. The SMILES string of the molecule is c1ccc(-c2ccc(N(c3ccccc3)c3ccc(-n4c5ccccc5c5c6oc7c(ccc8c7c7ccccc7n8-c7ccc(-n8c9ccccc9c9cc(-c%10ccc%11c%12c%13oc%14c(ccc%15c%14c%14ccccc%14n%15-c%14ccc(-c%15ccc(N(c%16ccccc%16)c%16cccc%17ccccc%16%17)cc%15)cc%14)c%13ccc%12n(-c%12ccccc%12)c%11c%10)ccc98)cc7)c6ccc54)cc3)cc2)cc1. The van der Waals surface area contributed by atoms with Gasteiger partial charge in [-0.05, 0) is 257 Å². The molecule has 0 saturated heterocycles. The van der Waals surface area contributed by atoms with Crippen molar-refractivity contribution in [3.63, 3.8) is 0 Å². The molecule has 28 rings (SSSR count). The summed E-state index contributed by atoms with van der Waals surface area (Å²) in [5.41, 5.74) is 33.4. The fourth-order valence-electron chi connectivity index (χ4n) is 21.9. The zero-order valence-electron chi connectivity index (χ0n) is 71.9. The van der Waals surface area contributed by atoms with Gasteiger partial charge in [0.15, 0.2) is 0 Å². The smallest absolute Gasteiger partial charge is 0.145 e. The van der Waals surface area contributed by atoms with Gasteiger partial charge in [-0.25, -0.2) is 0 Å². The van der Waals surface area contributed by atoms with Crippen molar-refractivity contribution in [3.05, 3.63) is 467 Å². The van der Waals surface area contributed by atoms with E-state index in [1.165, 1.54) is 32.7 Å². The second kappa shape index (κ2) is 29.3. The lowest BCUT2D eigenvalue weighted by molar-refractivity contribution is 0.676. The van der Waals surface area contributed by atoms with Crippen LogP contribution in [0.25, 0.3) is 225 Å². The van der Waals surface area contributed by atoms with Gasteiger partial charge in [0, 0.05) is 116 Å². The Morgan fingerprint density at radius 3 is 0.910 bits per heavy atom. The molecule has 0 N–H and O–H groups in total. The van der Waals surface area contributed by atoms with Gasteiger partial charge in [0.1, 0.15) is 22.3 Å². The summed E-state index contributed by atoms with van der Waals surface area (Å²) in [6.45, 7) is 0. The number of fused-ring (bicyclic) bond motifs is 26. The standard InChI is InChI=1S/C124H77N7O2/c1-5-24-78(25-6-1)79-44-52-88(53-45-79)125(85-28-7-2-8-29-85)89-58-60-93(61-59-89)129-109-41-21-17-37-102(109)118-113(129)73-68-97-98-69-74-114-119(122(98)132-121(97)118)103-38-18-22-42-110(103)130(114)94-64-62-92(63-65-94)127-107-39-19-15-35-96(107)105-76-83(51-71-111(105)127)84-50-66-104-116(77-84)131(87-32-11-4-12-33-87)115-75-70-100-99-67-72-112-117(123(99)133-124(100)120(104)115)101-36-16-20-40-108(101)128(112)91-56-48-81(49-57-91)80-46-54-90(55-47-80)126(86-30-9-3-10-31-86)106-43-23-27-82-26-13-14-34-95(82)106/h1-77H. The molecule has 0 radical (unpaired) electrons. The van der Waals surface area contributed by atoms with Crippen molar-refractivity contribution in [1.29, 1.82) is 0 Å². The van der Waals surface area contributed by atoms with E-state index in [0.717, 1.165) is 227 Å². The number of anilines is 6. The number of aromatic nitrogens is 5. The summed E-state index contributed by atoms with van der Waals surface area (Å²) in [6.07, 6.45) is 0. The molecular formula is C124H77N7O2. The third kappa shape index (κ3) is 11.4. The molecule has 0 spiro atoms. The van der Waals surface area contributed by atoms with Crippen molar-refractivity contribution < 1.29 is 8.83 Å². The Morgan fingerprint density at radius 1 is 0.150 bits per heavy atom. The number of hydrogen-bond donors (Lipinski definition) is 0. The van der Waals surface area contributed by atoms with Gasteiger partial charge in [0.05, 0.1) is 82.4 Å². The maximum absolute atomic E-state index is 7.52. The average molecular weight is 1700 g/mol. The number of para-hydroxylation sites is 7. The summed E-state index contributed by atoms with van der Waals surface area (Å²) in [5.74, 6) is 0. The minimum absolute atomic E-state index is 0.876. The van der Waals surface area contributed by atoms with Gasteiger partial charge >= 0.3 is 0 Å². The number of nitrogens with zero attached hydrogens (tertiary/aromatic N) is 7. The zero-order valence-corrected chi connectivity index (χ0v) is 71.9. The quantitative estimate of drug-likeness (QED) is 0.109. The lowest BCUT2D eigenvalue weighted by atomic mass is 10.0. The van der Waals surface area contributed by atoms with Gasteiger partial charge in [-0.15, -0.1) is 0 Å². The van der Waals surface area contributed by atoms with Gasteiger partial charge in [-0.2, -0.15) is 0 Å². The molecule has 0 aliphatic rings. The Labute approximate surface area is 763 Å². The summed E-state index contributed by atoms with van der Waals surface area (Å²) in [5, 5.41) is 18.0. The van der Waals surface area contributed by atoms with Crippen LogP contribution in [0.3, 0.4) is 0 Å². The molecule has 0 saturated carbocycles. The molecule has 7 aromatic heterocycles. The largest absolute Gasteiger partial charge is 0.455 e. The number of furan rings is 2. The molecule has 7 heterocycles. The molecule has 9 nitrogen and oxygen atoms in total. The van der Waals surface area contributed by atoms with Crippen LogP contribution in [-0.4, -0.2) is 22.8 Å². The molecule has 21 aromatic carbocycles. The van der Waals surface area contributed by atoms with Crippen LogP contribution in [0.4, 0.5) is 34.1 Å². The first-order valence-electron chi connectivity index (χ1n) is 45.5. The van der Waals surface area contributed by atoms with E-state index >= 15 is 0 Å². The van der Waals surface area contributed by atoms with E-state index in [-0.39, 0.29) is 0 Å². The van der Waals surface area contributed by atoms with E-state index < -0.39 is 0 Å². The maximum Gasteiger partial charge on any atom is 0.145 e. The lowest BCUT2D eigenvalue weighted by Crippen LogP contribution is -2.10. The molecule has 9 heteroatoms. The second-order valence-electron chi connectivity index (χ2n) is 35.0. The Bertz CT molecular complexity index is 9590. The van der Waals surface area contributed by atoms with Crippen molar-refractivity contribution in [2.45, 2.75) is 0 Å². The molecule has 0 fully saturated rings. The Morgan fingerprint density at radius 2 is 0.429 bits per heavy atom. The summed E-state index contributed by atoms with van der Waals surface area (Å²) in [6, 6.07) is 170. The van der Waals surface area contributed by atoms with Crippen LogP contribution in [0.2, 0.25) is 0 Å². The summed E-state index contributed by atoms with van der Waals surface area (Å²) >= 11 is 0. The van der Waals surface area contributed by atoms with Crippen molar-refractivity contribution in [3.8, 4) is 61.8 Å². The molecule has 0 unspecified atom stereocenters. The van der Waals surface area contributed by atoms with Crippen LogP contribution in [0, 0.1) is 0 Å². The number of rotatable bonds is 14. The molecule has 620 valence electrons. The van der Waals surface area contributed by atoms with Crippen LogP contribution >= 0.6 is 0 Å². The highest BCUT2D eigenvalue weighted by atomic mass is 16.3. The van der Waals surface area contributed by atoms with Gasteiger partial charge in [0.25, 0.3) is 0 Å². The van der Waals surface area contributed by atoms with Crippen molar-refractivity contribution in [2.75, 3.05) is 9.80 Å². The van der Waals surface area contributed by atoms with E-state index in [4.69, 9.17) is 8.83 Å². The van der Waals surface area contributed by atoms with Gasteiger partial charge in [-0.1, -0.05) is 249 Å². The van der Waals surface area contributed by atoms with Crippen LogP contribution in [-0.2, 0) is 0 Å². The Kier molecular flexibility index (Phi) is 16.4. The fourth-order valence-corrected chi connectivity index (χ4v) is 21.9. The molecule has 0 aliphatic carbocycles. The van der Waals surface area contributed by atoms with Gasteiger partial charge in [0.2, 0.25) is 0 Å². The van der Waals surface area contributed by atoms with Crippen LogP contribution < -0.4 is 9.80 Å². The first-order valence-corrected chi connectivity index (χ1v) is 45.5. The number of hydrogen-bond acceptors (Lipinski definition) is 4. The molecule has 28 aromatic rings. The van der Waals surface area contributed by atoms with Gasteiger partial charge < -0.3 is 41.5 Å². The maximum atomic E-state index is 7.52. The molecule has 0 bridgehead atoms. The number of benzene rings is 21. The van der Waals surface area contributed by atoms with E-state index in [0.29, 0.717) is 0 Å². The van der Waals surface area contributed by atoms with Crippen LogP contribution in [0.15, 0.2) is 476 Å². The summed E-state index contributed by atoms with van der Waals surface area (Å²) in [4.78, 5) is 4.68. The minimum Gasteiger partial charge on any atom is -0.455 e. The Hall–Kier alpha value is -17.9. The monoisotopic (exact) mass is 1700 g/mol. The third-order valence-corrected chi connectivity index (χ3v) is 27.9. The molecular weight excluding hydrogens is 1620 g/mol. The van der Waals surface area contributed by atoms with Crippen LogP contribution in [0.5, 0.6) is 0 Å².